The Morgan fingerprint density at radius 1 is 1.02 bits per heavy atom. The molecule has 2 saturated heterocycles. The molecule has 8 heteroatoms. The van der Waals surface area contributed by atoms with Crippen LogP contribution in [0, 0.1) is 6.92 Å². The zero-order chi connectivity index (χ0) is 27.9. The van der Waals surface area contributed by atoms with Gasteiger partial charge < -0.3 is 19.9 Å². The van der Waals surface area contributed by atoms with Gasteiger partial charge in [0.15, 0.2) is 0 Å². The number of nitrogens with one attached hydrogen (secondary N) is 1. The number of anilines is 1. The third kappa shape index (κ3) is 7.21. The quantitative estimate of drug-likeness (QED) is 0.357. The summed E-state index contributed by atoms with van der Waals surface area (Å²) in [5.41, 5.74) is 3.46. The number of aryl methyl sites for hydroxylation is 1. The Morgan fingerprint density at radius 3 is 2.48 bits per heavy atom. The van der Waals surface area contributed by atoms with Gasteiger partial charge in [0.05, 0.1) is 12.0 Å². The van der Waals surface area contributed by atoms with Crippen LogP contribution in [0.5, 0.6) is 5.75 Å². The zero-order valence-corrected chi connectivity index (χ0v) is 24.6. The molecule has 2 unspecified atom stereocenters. The number of carbonyl (C=O) groups excluding carboxylic acids is 2. The van der Waals surface area contributed by atoms with Gasteiger partial charge in [-0.05, 0) is 68.6 Å². The predicted octanol–water partition coefficient (Wildman–Crippen LogP) is 4.56. The highest BCUT2D eigenvalue weighted by Gasteiger charge is 2.41. The number of ether oxygens (including phenoxy) is 1. The number of fused-ring (bicyclic) bond motifs is 1. The maximum Gasteiger partial charge on any atom is 0.261 e. The molecule has 1 aliphatic carbocycles. The van der Waals surface area contributed by atoms with Crippen molar-refractivity contribution in [1.82, 2.24) is 15.1 Å². The molecule has 0 radical (unpaired) electrons. The molecule has 2 heterocycles. The molecule has 7 nitrogen and oxygen atoms in total. The van der Waals surface area contributed by atoms with Crippen LogP contribution in [0.4, 0.5) is 5.69 Å². The Balaban J connectivity index is 1.08. The van der Waals surface area contributed by atoms with Gasteiger partial charge in [-0.15, -0.1) is 11.8 Å². The molecule has 1 N–H and O–H groups in total. The summed E-state index contributed by atoms with van der Waals surface area (Å²) in [5.74, 6) is 0.827. The second kappa shape index (κ2) is 13.6. The van der Waals surface area contributed by atoms with Gasteiger partial charge in [-0.1, -0.05) is 42.7 Å². The maximum atomic E-state index is 13.5. The minimum Gasteiger partial charge on any atom is -0.497 e. The fourth-order valence-electron chi connectivity index (χ4n) is 5.94. The van der Waals surface area contributed by atoms with E-state index in [-0.39, 0.29) is 24.4 Å². The smallest absolute Gasteiger partial charge is 0.261 e. The number of methoxy groups -OCH3 is 1. The van der Waals surface area contributed by atoms with Gasteiger partial charge in [0.25, 0.3) is 5.91 Å². The zero-order valence-electron chi connectivity index (χ0n) is 23.8. The van der Waals surface area contributed by atoms with E-state index >= 15 is 0 Å². The summed E-state index contributed by atoms with van der Waals surface area (Å²) in [6.45, 7) is 7.82. The fraction of sp³-hybridized carbons (Fsp3) is 0.500. The van der Waals surface area contributed by atoms with Gasteiger partial charge in [0, 0.05) is 49.7 Å². The van der Waals surface area contributed by atoms with E-state index in [2.05, 4.69) is 58.4 Å². The Kier molecular flexibility index (Phi) is 9.70. The minimum absolute atomic E-state index is 0.00129. The second-order valence-corrected chi connectivity index (χ2v) is 12.4. The molecule has 40 heavy (non-hydrogen) atoms. The third-order valence-electron chi connectivity index (χ3n) is 8.29. The van der Waals surface area contributed by atoms with Gasteiger partial charge in [-0.2, -0.15) is 0 Å². The van der Waals surface area contributed by atoms with E-state index in [4.69, 9.17) is 4.74 Å². The lowest BCUT2D eigenvalue weighted by Gasteiger charge is -2.43. The van der Waals surface area contributed by atoms with Crippen molar-refractivity contribution in [3.8, 4) is 5.75 Å². The molecule has 0 aromatic heterocycles. The molecule has 2 atom stereocenters. The molecule has 214 valence electrons. The summed E-state index contributed by atoms with van der Waals surface area (Å²) in [5, 5.41) is 3.46. The fourth-order valence-corrected chi connectivity index (χ4v) is 7.41. The van der Waals surface area contributed by atoms with E-state index in [1.54, 1.807) is 18.9 Å². The molecule has 0 bridgehead atoms. The first kappa shape index (κ1) is 28.6. The first-order valence-corrected chi connectivity index (χ1v) is 15.5. The van der Waals surface area contributed by atoms with Crippen molar-refractivity contribution in [3.05, 3.63) is 64.6 Å². The second-order valence-electron chi connectivity index (χ2n) is 11.1. The van der Waals surface area contributed by atoms with E-state index in [9.17, 15) is 9.59 Å². The number of thioether (sulfide) groups is 1. The number of hydrogen-bond acceptors (Lipinski definition) is 6. The van der Waals surface area contributed by atoms with E-state index < -0.39 is 0 Å². The molecule has 0 spiro atoms. The minimum atomic E-state index is -0.0522. The third-order valence-corrected chi connectivity index (χ3v) is 9.69. The highest BCUT2D eigenvalue weighted by atomic mass is 32.2. The molecule has 1 saturated carbocycles. The number of rotatable bonds is 9. The van der Waals surface area contributed by atoms with Crippen molar-refractivity contribution in [2.45, 2.75) is 50.3 Å². The van der Waals surface area contributed by atoms with Crippen molar-refractivity contribution in [3.63, 3.8) is 0 Å². The summed E-state index contributed by atoms with van der Waals surface area (Å²) in [6, 6.07) is 16.7. The van der Waals surface area contributed by atoms with E-state index in [0.717, 1.165) is 74.6 Å². The number of benzene rings is 2. The molecular weight excluding hydrogens is 520 g/mol. The lowest BCUT2D eigenvalue weighted by atomic mass is 9.93. The Labute approximate surface area is 242 Å². The average molecular weight is 563 g/mol. The number of hydrogen-bond donors (Lipinski definition) is 1. The summed E-state index contributed by atoms with van der Waals surface area (Å²) >= 11 is 1.71. The highest BCUT2D eigenvalue weighted by Crippen LogP contribution is 2.42. The molecule has 3 fully saturated rings. The number of nitrogens with zero attached hydrogens (tertiary/aromatic N) is 3. The Bertz CT molecular complexity index is 1180. The SMILES string of the molecule is COc1ccc(N2CCN(CCCNC(=O)CN3C(=O)/C(=C/c4ccc(C)cc4)SC4CCCCC43)CC2)cc1. The summed E-state index contributed by atoms with van der Waals surface area (Å²) in [7, 11) is 1.69. The van der Waals surface area contributed by atoms with Crippen LogP contribution in [0.2, 0.25) is 0 Å². The largest absolute Gasteiger partial charge is 0.497 e. The van der Waals surface area contributed by atoms with Crippen molar-refractivity contribution < 1.29 is 14.3 Å². The van der Waals surface area contributed by atoms with E-state index in [1.807, 2.05) is 23.1 Å². The van der Waals surface area contributed by atoms with Crippen LogP contribution in [-0.2, 0) is 9.59 Å². The average Bonchev–Trinajstić information content (AvgIpc) is 2.99. The summed E-state index contributed by atoms with van der Waals surface area (Å²) in [6.07, 6.45) is 7.29. The van der Waals surface area contributed by atoms with E-state index in [1.165, 1.54) is 17.7 Å². The topological polar surface area (TPSA) is 65.1 Å². The lowest BCUT2D eigenvalue weighted by Crippen LogP contribution is -2.54. The monoisotopic (exact) mass is 562 g/mol. The van der Waals surface area contributed by atoms with Crippen LogP contribution in [0.15, 0.2) is 53.4 Å². The van der Waals surface area contributed by atoms with Crippen LogP contribution in [-0.4, -0.2) is 85.8 Å². The molecule has 2 aliphatic heterocycles. The predicted molar refractivity (Wildman–Crippen MR) is 164 cm³/mol. The molecule has 2 aromatic carbocycles. The van der Waals surface area contributed by atoms with Gasteiger partial charge >= 0.3 is 0 Å². The van der Waals surface area contributed by atoms with Crippen LogP contribution >= 0.6 is 11.8 Å². The summed E-state index contributed by atoms with van der Waals surface area (Å²) in [4.78, 5) is 34.0. The number of carbonyl (C=O) groups is 2. The lowest BCUT2D eigenvalue weighted by molar-refractivity contribution is -0.135. The van der Waals surface area contributed by atoms with E-state index in [0.29, 0.717) is 11.8 Å². The molecule has 3 aliphatic rings. The van der Waals surface area contributed by atoms with Crippen LogP contribution in [0.3, 0.4) is 0 Å². The van der Waals surface area contributed by atoms with Crippen LogP contribution in [0.1, 0.15) is 43.2 Å². The van der Waals surface area contributed by atoms with Crippen LogP contribution in [0.25, 0.3) is 6.08 Å². The molecule has 5 rings (SSSR count). The Hall–Kier alpha value is -2.97. The maximum absolute atomic E-state index is 13.5. The van der Waals surface area contributed by atoms with Crippen molar-refractivity contribution in [2.75, 3.05) is 57.8 Å². The van der Waals surface area contributed by atoms with Crippen molar-refractivity contribution >= 4 is 35.3 Å². The van der Waals surface area contributed by atoms with Gasteiger partial charge in [-0.3, -0.25) is 14.5 Å². The number of amides is 2. The molecular formula is C32H42N4O3S. The van der Waals surface area contributed by atoms with Gasteiger partial charge in [0.1, 0.15) is 12.3 Å². The van der Waals surface area contributed by atoms with Crippen LogP contribution < -0.4 is 15.0 Å². The first-order valence-electron chi connectivity index (χ1n) is 14.6. The summed E-state index contributed by atoms with van der Waals surface area (Å²) < 4.78 is 5.27. The van der Waals surface area contributed by atoms with Crippen molar-refractivity contribution in [2.24, 2.45) is 0 Å². The van der Waals surface area contributed by atoms with Crippen molar-refractivity contribution in [1.29, 1.82) is 0 Å². The molecule has 2 amide bonds. The molecule has 2 aromatic rings. The Morgan fingerprint density at radius 2 is 1.75 bits per heavy atom. The van der Waals surface area contributed by atoms with Gasteiger partial charge in [0.2, 0.25) is 5.91 Å². The normalized spacial score (nSPS) is 22.8. The van der Waals surface area contributed by atoms with Gasteiger partial charge in [-0.25, -0.2) is 0 Å². The standard InChI is InChI=1S/C32H42N4O3S/c1-24-8-10-25(11-9-24)22-30-32(38)36(28-6-3-4-7-29(28)40-30)23-31(37)33-16-5-17-34-18-20-35(21-19-34)26-12-14-27(39-2)15-13-26/h8-15,22,28-29H,3-7,16-21,23H2,1-2H3,(H,33,37)/b30-22-. The number of piperazine rings is 1. The highest BCUT2D eigenvalue weighted by molar-refractivity contribution is 8.04. The first-order chi connectivity index (χ1) is 19.5.